The van der Waals surface area contributed by atoms with Gasteiger partial charge < -0.3 is 9.64 Å². The minimum Gasteiger partial charge on any atom is -0.490 e. The molecule has 0 fully saturated rings. The van der Waals surface area contributed by atoms with E-state index in [0.717, 1.165) is 15.5 Å². The normalized spacial score (nSPS) is 10.1. The predicted molar refractivity (Wildman–Crippen MR) is 64.6 cm³/mol. The van der Waals surface area contributed by atoms with E-state index in [-0.39, 0.29) is 0 Å². The van der Waals surface area contributed by atoms with E-state index in [1.165, 1.54) is 18.4 Å². The van der Waals surface area contributed by atoms with E-state index in [1.54, 1.807) is 6.07 Å². The summed E-state index contributed by atoms with van der Waals surface area (Å²) in [4.78, 5) is 14.7. The lowest BCUT2D eigenvalue weighted by atomic mass is 10.4. The number of anilines is 1. The van der Waals surface area contributed by atoms with Crippen LogP contribution in [0, 0.1) is 6.57 Å². The Labute approximate surface area is 97.1 Å². The number of rotatable bonds is 2. The highest BCUT2D eigenvalue weighted by atomic mass is 32.1. The van der Waals surface area contributed by atoms with Gasteiger partial charge in [0.15, 0.2) is 5.13 Å². The van der Waals surface area contributed by atoms with Crippen molar-refractivity contribution in [1.82, 2.24) is 9.97 Å². The lowest BCUT2D eigenvalue weighted by molar-refractivity contribution is 0.402. The van der Waals surface area contributed by atoms with Crippen LogP contribution in [-0.4, -0.2) is 31.2 Å². The van der Waals surface area contributed by atoms with Crippen molar-refractivity contribution in [2.24, 2.45) is 0 Å². The fraction of sp³-hybridized carbons (Fsp3) is 0.300. The lowest BCUT2D eigenvalue weighted by Gasteiger charge is -2.04. The fourth-order valence-corrected chi connectivity index (χ4v) is 2.09. The molecule has 6 heteroatoms. The van der Waals surface area contributed by atoms with Gasteiger partial charge in [0.2, 0.25) is 11.6 Å². The molecule has 0 aliphatic heterocycles. The summed E-state index contributed by atoms with van der Waals surface area (Å²) < 4.78 is 5.05. The zero-order valence-corrected chi connectivity index (χ0v) is 10.00. The molecule has 16 heavy (non-hydrogen) atoms. The van der Waals surface area contributed by atoms with Crippen LogP contribution in [0.15, 0.2) is 6.07 Å². The molecule has 2 rings (SSSR count). The Kier molecular flexibility index (Phi) is 2.62. The Morgan fingerprint density at radius 1 is 1.44 bits per heavy atom. The molecule has 0 saturated carbocycles. The van der Waals surface area contributed by atoms with E-state index in [4.69, 9.17) is 11.3 Å². The second-order valence-electron chi connectivity index (χ2n) is 3.34. The number of pyridine rings is 1. The highest BCUT2D eigenvalue weighted by Gasteiger charge is 2.12. The van der Waals surface area contributed by atoms with E-state index >= 15 is 0 Å². The van der Waals surface area contributed by atoms with E-state index in [9.17, 15) is 0 Å². The molecule has 2 aromatic heterocycles. The number of hydrogen-bond donors (Lipinski definition) is 0. The van der Waals surface area contributed by atoms with Gasteiger partial charge in [0.1, 0.15) is 4.83 Å². The first kappa shape index (κ1) is 10.6. The summed E-state index contributed by atoms with van der Waals surface area (Å²) in [5.74, 6) is 0.358. The summed E-state index contributed by atoms with van der Waals surface area (Å²) >= 11 is 1.47. The second-order valence-corrected chi connectivity index (χ2v) is 4.30. The number of fused-ring (bicyclic) bond motifs is 1. The maximum absolute atomic E-state index is 7.02. The smallest absolute Gasteiger partial charge is 0.249 e. The van der Waals surface area contributed by atoms with Gasteiger partial charge in [0, 0.05) is 14.1 Å². The average molecular weight is 234 g/mol. The molecule has 0 unspecified atom stereocenters. The van der Waals surface area contributed by atoms with Gasteiger partial charge in [0.05, 0.1) is 19.2 Å². The van der Waals surface area contributed by atoms with E-state index in [1.807, 2.05) is 19.0 Å². The Balaban J connectivity index is 2.65. The molecule has 0 aliphatic carbocycles. The Morgan fingerprint density at radius 3 is 2.75 bits per heavy atom. The zero-order chi connectivity index (χ0) is 11.7. The van der Waals surface area contributed by atoms with E-state index < -0.39 is 0 Å². The van der Waals surface area contributed by atoms with Gasteiger partial charge in [-0.05, 0) is 6.07 Å². The first-order valence-corrected chi connectivity index (χ1v) is 5.37. The molecule has 82 valence electrons. The number of ether oxygens (including phenoxy) is 1. The van der Waals surface area contributed by atoms with E-state index in [0.29, 0.717) is 11.6 Å². The second kappa shape index (κ2) is 3.94. The molecule has 0 spiro atoms. The molecule has 0 radical (unpaired) electrons. The van der Waals surface area contributed by atoms with Crippen molar-refractivity contribution < 1.29 is 4.74 Å². The van der Waals surface area contributed by atoms with Crippen LogP contribution < -0.4 is 9.64 Å². The summed E-state index contributed by atoms with van der Waals surface area (Å²) in [6.07, 6.45) is 0. The summed E-state index contributed by atoms with van der Waals surface area (Å²) in [5.41, 5.74) is 1.13. The van der Waals surface area contributed by atoms with Crippen LogP contribution in [-0.2, 0) is 0 Å². The highest BCUT2D eigenvalue weighted by molar-refractivity contribution is 7.21. The van der Waals surface area contributed by atoms with Gasteiger partial charge >= 0.3 is 0 Å². The molecule has 0 aliphatic rings. The highest BCUT2D eigenvalue weighted by Crippen LogP contribution is 2.33. The number of methoxy groups -OCH3 is 1. The van der Waals surface area contributed by atoms with Crippen molar-refractivity contribution in [3.63, 3.8) is 0 Å². The largest absolute Gasteiger partial charge is 0.490 e. The predicted octanol–water partition coefficient (Wildman–Crippen LogP) is 2.32. The van der Waals surface area contributed by atoms with Crippen molar-refractivity contribution in [3.8, 4) is 5.88 Å². The van der Waals surface area contributed by atoms with Gasteiger partial charge in [-0.15, -0.1) is 0 Å². The van der Waals surface area contributed by atoms with Gasteiger partial charge in [-0.2, -0.15) is 0 Å². The maximum Gasteiger partial charge on any atom is 0.249 e. The van der Waals surface area contributed by atoms with Crippen molar-refractivity contribution in [2.45, 2.75) is 0 Å². The van der Waals surface area contributed by atoms with Gasteiger partial charge in [-0.1, -0.05) is 11.3 Å². The first-order valence-electron chi connectivity index (χ1n) is 4.56. The summed E-state index contributed by atoms with van der Waals surface area (Å²) in [7, 11) is 5.35. The fourth-order valence-electron chi connectivity index (χ4n) is 1.25. The lowest BCUT2D eigenvalue weighted by Crippen LogP contribution is -2.07. The van der Waals surface area contributed by atoms with Crippen molar-refractivity contribution in [3.05, 3.63) is 17.5 Å². The Hall–Kier alpha value is -1.87. The van der Waals surface area contributed by atoms with Crippen LogP contribution in [0.25, 0.3) is 15.2 Å². The third-order valence-corrected chi connectivity index (χ3v) is 3.15. The van der Waals surface area contributed by atoms with Crippen molar-refractivity contribution in [1.29, 1.82) is 0 Å². The number of aromatic nitrogens is 2. The van der Waals surface area contributed by atoms with Crippen LogP contribution in [0.1, 0.15) is 0 Å². The SMILES string of the molecule is [C-]#[N+]c1cc2nc(N(C)C)sc2nc1OC. The monoisotopic (exact) mass is 234 g/mol. The number of nitrogens with zero attached hydrogens (tertiary/aromatic N) is 4. The molecule has 0 saturated heterocycles. The molecule has 2 heterocycles. The van der Waals surface area contributed by atoms with Crippen molar-refractivity contribution >= 4 is 32.5 Å². The topological polar surface area (TPSA) is 42.6 Å². The third kappa shape index (κ3) is 1.66. The number of hydrogen-bond acceptors (Lipinski definition) is 5. The maximum atomic E-state index is 7.02. The molecule has 5 nitrogen and oxygen atoms in total. The quantitative estimate of drug-likeness (QED) is 0.748. The van der Waals surface area contributed by atoms with Gasteiger partial charge in [0.25, 0.3) is 0 Å². The number of thiazole rings is 1. The molecule has 0 atom stereocenters. The molecular weight excluding hydrogens is 224 g/mol. The molecule has 0 N–H and O–H groups in total. The van der Waals surface area contributed by atoms with Gasteiger partial charge in [-0.25, -0.2) is 14.8 Å². The van der Waals surface area contributed by atoms with Crippen LogP contribution in [0.5, 0.6) is 5.88 Å². The van der Waals surface area contributed by atoms with Crippen LogP contribution >= 0.6 is 11.3 Å². The Bertz CT molecular complexity index is 570. The minimum atomic E-state index is 0.358. The van der Waals surface area contributed by atoms with Gasteiger partial charge in [-0.3, -0.25) is 0 Å². The summed E-state index contributed by atoms with van der Waals surface area (Å²) in [6, 6.07) is 1.71. The summed E-state index contributed by atoms with van der Waals surface area (Å²) in [6.45, 7) is 7.02. The third-order valence-electron chi connectivity index (χ3n) is 2.02. The molecule has 0 amide bonds. The minimum absolute atomic E-state index is 0.358. The standard InChI is InChI=1S/C10H10N4OS/c1-11-6-5-7-9(13-8(6)15-4)16-10(12-7)14(2)3/h5H,2-4H3. The van der Waals surface area contributed by atoms with Crippen LogP contribution in [0.3, 0.4) is 0 Å². The average Bonchev–Trinajstić information content (AvgIpc) is 2.69. The first-order chi connectivity index (χ1) is 7.65. The molecule has 2 aromatic rings. The molecule has 0 bridgehead atoms. The van der Waals surface area contributed by atoms with Crippen molar-refractivity contribution in [2.75, 3.05) is 26.1 Å². The molecular formula is C10H10N4OS. The van der Waals surface area contributed by atoms with Crippen LogP contribution in [0.2, 0.25) is 0 Å². The van der Waals surface area contributed by atoms with E-state index in [2.05, 4.69) is 14.8 Å². The Morgan fingerprint density at radius 2 is 2.19 bits per heavy atom. The zero-order valence-electron chi connectivity index (χ0n) is 9.18. The summed E-state index contributed by atoms with van der Waals surface area (Å²) in [5, 5.41) is 0.867. The van der Waals surface area contributed by atoms with Crippen LogP contribution in [0.4, 0.5) is 10.8 Å². The molecule has 0 aromatic carbocycles.